The number of nitrogens with zero attached hydrogens (tertiary/aromatic N) is 1. The van der Waals surface area contributed by atoms with Gasteiger partial charge in [-0.1, -0.05) is 57.8 Å². The van der Waals surface area contributed by atoms with Crippen LogP contribution >= 0.6 is 0 Å². The first-order chi connectivity index (χ1) is 10.3. The Labute approximate surface area is 129 Å². The van der Waals surface area contributed by atoms with E-state index in [0.29, 0.717) is 0 Å². The van der Waals surface area contributed by atoms with Crippen LogP contribution in [0.15, 0.2) is 0 Å². The van der Waals surface area contributed by atoms with Crippen LogP contribution < -0.4 is 11.1 Å². The van der Waals surface area contributed by atoms with Gasteiger partial charge in [0.1, 0.15) is 5.54 Å². The van der Waals surface area contributed by atoms with Crippen molar-refractivity contribution < 1.29 is 4.79 Å². The number of nitrogens with one attached hydrogen (secondary N) is 1. The van der Waals surface area contributed by atoms with Gasteiger partial charge in [0.05, 0.1) is 0 Å². The smallest absolute Gasteiger partial charge is 0.237 e. The number of primary amides is 1. The quantitative estimate of drug-likeness (QED) is 0.822. The van der Waals surface area contributed by atoms with E-state index in [4.69, 9.17) is 5.73 Å². The van der Waals surface area contributed by atoms with E-state index in [1.54, 1.807) is 0 Å². The summed E-state index contributed by atoms with van der Waals surface area (Å²) < 4.78 is 0. The molecule has 0 unspecified atom stereocenters. The Morgan fingerprint density at radius 2 is 1.24 bits per heavy atom. The Morgan fingerprint density at radius 1 is 0.810 bits per heavy atom. The standard InChI is InChI=1S/C17H33N3O/c18-16(21)17(20-14-12-19-13-15-20)10-8-6-4-2-1-3-5-7-9-11-17/h19H,1-15H2,(H2,18,21). The summed E-state index contributed by atoms with van der Waals surface area (Å²) in [6.45, 7) is 3.88. The van der Waals surface area contributed by atoms with E-state index in [9.17, 15) is 4.79 Å². The molecule has 2 fully saturated rings. The lowest BCUT2D eigenvalue weighted by Gasteiger charge is -2.44. The highest BCUT2D eigenvalue weighted by molar-refractivity contribution is 5.84. The van der Waals surface area contributed by atoms with Crippen molar-refractivity contribution in [1.82, 2.24) is 10.2 Å². The lowest BCUT2D eigenvalue weighted by Crippen LogP contribution is -2.62. The van der Waals surface area contributed by atoms with E-state index < -0.39 is 0 Å². The molecule has 0 aromatic rings. The molecule has 0 spiro atoms. The third-order valence-electron chi connectivity index (χ3n) is 5.36. The fourth-order valence-corrected chi connectivity index (χ4v) is 4.01. The largest absolute Gasteiger partial charge is 0.368 e. The van der Waals surface area contributed by atoms with Gasteiger partial charge in [-0.25, -0.2) is 0 Å². The Kier molecular flexibility index (Phi) is 6.97. The Bertz CT molecular complexity index is 301. The predicted octanol–water partition coefficient (Wildman–Crippen LogP) is 2.42. The van der Waals surface area contributed by atoms with Gasteiger partial charge in [-0.05, 0) is 12.8 Å². The highest BCUT2D eigenvalue weighted by atomic mass is 16.1. The van der Waals surface area contributed by atoms with Gasteiger partial charge >= 0.3 is 0 Å². The second-order valence-corrected chi connectivity index (χ2v) is 6.81. The van der Waals surface area contributed by atoms with Crippen LogP contribution in [-0.2, 0) is 4.79 Å². The lowest BCUT2D eigenvalue weighted by molar-refractivity contribution is -0.132. The molecule has 0 radical (unpaired) electrons. The van der Waals surface area contributed by atoms with Crippen LogP contribution in [0.2, 0.25) is 0 Å². The fourth-order valence-electron chi connectivity index (χ4n) is 4.01. The normalized spacial score (nSPS) is 26.5. The molecule has 0 aromatic heterocycles. The van der Waals surface area contributed by atoms with Crippen LogP contribution in [0, 0.1) is 0 Å². The second kappa shape index (κ2) is 8.74. The van der Waals surface area contributed by atoms with Crippen LogP contribution in [-0.4, -0.2) is 42.5 Å². The van der Waals surface area contributed by atoms with Gasteiger partial charge in [-0.2, -0.15) is 0 Å². The number of rotatable bonds is 2. The lowest BCUT2D eigenvalue weighted by atomic mass is 9.82. The minimum absolute atomic E-state index is 0.0820. The van der Waals surface area contributed by atoms with Crippen molar-refractivity contribution in [1.29, 1.82) is 0 Å². The Hall–Kier alpha value is -0.610. The van der Waals surface area contributed by atoms with E-state index in [-0.39, 0.29) is 11.4 Å². The molecular formula is C17H33N3O. The molecule has 2 rings (SSSR count). The summed E-state index contributed by atoms with van der Waals surface area (Å²) in [6, 6.07) is 0. The van der Waals surface area contributed by atoms with Gasteiger partial charge in [-0.3, -0.25) is 9.69 Å². The number of hydrogen-bond donors (Lipinski definition) is 2. The molecule has 1 aliphatic carbocycles. The van der Waals surface area contributed by atoms with Crippen molar-refractivity contribution in [2.75, 3.05) is 26.2 Å². The minimum atomic E-state index is -0.374. The van der Waals surface area contributed by atoms with Gasteiger partial charge < -0.3 is 11.1 Å². The molecule has 1 saturated carbocycles. The van der Waals surface area contributed by atoms with Crippen molar-refractivity contribution >= 4 is 5.91 Å². The SMILES string of the molecule is NC(=O)C1(N2CCNCC2)CCCCCCCCCCC1. The molecule has 0 atom stereocenters. The zero-order valence-electron chi connectivity index (χ0n) is 13.5. The van der Waals surface area contributed by atoms with Gasteiger partial charge in [0.15, 0.2) is 0 Å². The van der Waals surface area contributed by atoms with E-state index in [1.165, 1.54) is 44.9 Å². The fraction of sp³-hybridized carbons (Fsp3) is 0.941. The molecule has 21 heavy (non-hydrogen) atoms. The third kappa shape index (κ3) is 4.68. The predicted molar refractivity (Wildman–Crippen MR) is 87.2 cm³/mol. The maximum atomic E-state index is 12.4. The van der Waals surface area contributed by atoms with Crippen LogP contribution in [0.5, 0.6) is 0 Å². The number of nitrogens with two attached hydrogens (primary N) is 1. The van der Waals surface area contributed by atoms with Crippen LogP contribution in [0.25, 0.3) is 0 Å². The van der Waals surface area contributed by atoms with Gasteiger partial charge in [0.25, 0.3) is 0 Å². The zero-order chi connectivity index (χ0) is 15.0. The number of piperazine rings is 1. The molecule has 0 bridgehead atoms. The van der Waals surface area contributed by atoms with Gasteiger partial charge in [-0.15, -0.1) is 0 Å². The topological polar surface area (TPSA) is 58.4 Å². The van der Waals surface area contributed by atoms with Crippen LogP contribution in [0.1, 0.15) is 70.6 Å². The maximum absolute atomic E-state index is 12.4. The summed E-state index contributed by atoms with van der Waals surface area (Å²) in [5.74, 6) is -0.0820. The molecule has 1 amide bonds. The monoisotopic (exact) mass is 295 g/mol. The van der Waals surface area contributed by atoms with Crippen molar-refractivity contribution in [3.63, 3.8) is 0 Å². The zero-order valence-corrected chi connectivity index (χ0v) is 13.5. The molecular weight excluding hydrogens is 262 g/mol. The summed E-state index contributed by atoms with van der Waals surface area (Å²) in [4.78, 5) is 14.7. The summed E-state index contributed by atoms with van der Waals surface area (Å²) in [5, 5.41) is 3.38. The Balaban J connectivity index is 2.06. The molecule has 2 aliphatic rings. The van der Waals surface area contributed by atoms with Crippen LogP contribution in [0.3, 0.4) is 0 Å². The molecule has 1 saturated heterocycles. The first kappa shape index (κ1) is 16.8. The van der Waals surface area contributed by atoms with E-state index >= 15 is 0 Å². The van der Waals surface area contributed by atoms with E-state index in [0.717, 1.165) is 51.9 Å². The van der Waals surface area contributed by atoms with E-state index in [1.807, 2.05) is 0 Å². The van der Waals surface area contributed by atoms with Crippen LogP contribution in [0.4, 0.5) is 0 Å². The average Bonchev–Trinajstić information content (AvgIpc) is 2.49. The molecule has 0 aromatic carbocycles. The number of carbonyl (C=O) groups is 1. The highest BCUT2D eigenvalue weighted by Gasteiger charge is 2.41. The average molecular weight is 295 g/mol. The maximum Gasteiger partial charge on any atom is 0.237 e. The molecule has 1 heterocycles. The number of carbonyl (C=O) groups excluding carboxylic acids is 1. The second-order valence-electron chi connectivity index (χ2n) is 6.81. The van der Waals surface area contributed by atoms with Gasteiger partial charge in [0, 0.05) is 26.2 Å². The first-order valence-corrected chi connectivity index (χ1v) is 9.01. The molecule has 1 aliphatic heterocycles. The van der Waals surface area contributed by atoms with Crippen molar-refractivity contribution in [2.24, 2.45) is 5.73 Å². The summed E-state index contributed by atoms with van der Waals surface area (Å²) in [7, 11) is 0. The van der Waals surface area contributed by atoms with Crippen molar-refractivity contribution in [3.8, 4) is 0 Å². The Morgan fingerprint density at radius 3 is 1.67 bits per heavy atom. The highest BCUT2D eigenvalue weighted by Crippen LogP contribution is 2.30. The molecule has 4 heteroatoms. The first-order valence-electron chi connectivity index (χ1n) is 9.01. The van der Waals surface area contributed by atoms with E-state index in [2.05, 4.69) is 10.2 Å². The van der Waals surface area contributed by atoms with Crippen molar-refractivity contribution in [3.05, 3.63) is 0 Å². The molecule has 4 nitrogen and oxygen atoms in total. The summed E-state index contributed by atoms with van der Waals surface area (Å²) >= 11 is 0. The summed E-state index contributed by atoms with van der Waals surface area (Å²) in [6.07, 6.45) is 13.5. The number of amides is 1. The molecule has 3 N–H and O–H groups in total. The number of hydrogen-bond acceptors (Lipinski definition) is 3. The minimum Gasteiger partial charge on any atom is -0.368 e. The molecule has 122 valence electrons. The van der Waals surface area contributed by atoms with Gasteiger partial charge in [0.2, 0.25) is 5.91 Å². The third-order valence-corrected chi connectivity index (χ3v) is 5.36. The summed E-state index contributed by atoms with van der Waals surface area (Å²) in [5.41, 5.74) is 5.54. The van der Waals surface area contributed by atoms with Crippen molar-refractivity contribution in [2.45, 2.75) is 76.2 Å².